The standard InChI is InChI=1S/C33H44O13/c1-6-19(2)18-30(5,42)14-13-23(34)44-25-24(35)31(15-12-20(3)16-21(4)17-22-10-8-7-9-11-22)45-26(27(36)37)32(43,28(38)39)33(25,46-31)29(40)41/h7-11,13-14,16,19,21,24-26,35,42-43H,6,12,15,17-18H2,1-5H3,(H,36,37)(H,38,39)(H,40,41)/b14-13+,20-16+/t19?,21?,24-,25-,26-,30?,31+,32-,33+/m1/s1. The zero-order valence-electron chi connectivity index (χ0n) is 26.6. The Labute approximate surface area is 267 Å². The van der Waals surface area contributed by atoms with E-state index in [4.69, 9.17) is 14.2 Å². The fraction of sp³-hybridized carbons (Fsp3) is 0.576. The molecule has 3 unspecified atom stereocenters. The Bertz CT molecular complexity index is 1350. The number of hydrogen-bond donors (Lipinski definition) is 6. The lowest BCUT2D eigenvalue weighted by Crippen LogP contribution is -2.78. The zero-order valence-corrected chi connectivity index (χ0v) is 26.6. The first kappa shape index (κ1) is 36.8. The van der Waals surface area contributed by atoms with Crippen LogP contribution in [0.4, 0.5) is 0 Å². The summed E-state index contributed by atoms with van der Waals surface area (Å²) in [7, 11) is 0. The molecule has 3 rings (SSSR count). The van der Waals surface area contributed by atoms with Crippen LogP contribution in [-0.2, 0) is 39.8 Å². The van der Waals surface area contributed by atoms with E-state index >= 15 is 0 Å². The minimum absolute atomic E-state index is 0.0431. The molecular weight excluding hydrogens is 604 g/mol. The summed E-state index contributed by atoms with van der Waals surface area (Å²) in [6, 6.07) is 9.68. The van der Waals surface area contributed by atoms with E-state index in [-0.39, 0.29) is 24.7 Å². The number of aliphatic hydroxyl groups is 3. The fourth-order valence-corrected chi connectivity index (χ4v) is 6.26. The first-order valence-corrected chi connectivity index (χ1v) is 15.2. The van der Waals surface area contributed by atoms with E-state index in [1.54, 1.807) is 6.92 Å². The molecule has 2 aliphatic rings. The molecule has 46 heavy (non-hydrogen) atoms. The van der Waals surface area contributed by atoms with Crippen molar-refractivity contribution in [3.8, 4) is 0 Å². The van der Waals surface area contributed by atoms with Crippen LogP contribution >= 0.6 is 0 Å². The molecule has 13 nitrogen and oxygen atoms in total. The molecular formula is C33H44O13. The van der Waals surface area contributed by atoms with E-state index < -0.39 is 71.2 Å². The highest BCUT2D eigenvalue weighted by Crippen LogP contribution is 2.55. The molecule has 2 fully saturated rings. The summed E-state index contributed by atoms with van der Waals surface area (Å²) in [4.78, 5) is 50.5. The minimum Gasteiger partial charge on any atom is -0.479 e. The molecule has 2 aliphatic heterocycles. The van der Waals surface area contributed by atoms with Crippen LogP contribution in [0.3, 0.4) is 0 Å². The van der Waals surface area contributed by atoms with Gasteiger partial charge in [-0.25, -0.2) is 19.2 Å². The number of benzene rings is 1. The molecule has 254 valence electrons. The average Bonchev–Trinajstić information content (AvgIpc) is 3.19. The van der Waals surface area contributed by atoms with Crippen molar-refractivity contribution in [3.63, 3.8) is 0 Å². The summed E-state index contributed by atoms with van der Waals surface area (Å²) in [6.07, 6.45) is -2.30. The van der Waals surface area contributed by atoms with E-state index in [0.29, 0.717) is 6.42 Å². The highest BCUT2D eigenvalue weighted by Gasteiger charge is 2.85. The highest BCUT2D eigenvalue weighted by molar-refractivity contribution is 5.98. The molecule has 9 atom stereocenters. The highest BCUT2D eigenvalue weighted by atomic mass is 16.8. The second-order valence-electron chi connectivity index (χ2n) is 12.8. The number of ether oxygens (including phenoxy) is 3. The number of rotatable bonds is 15. The maximum absolute atomic E-state index is 13.0. The van der Waals surface area contributed by atoms with Crippen LogP contribution in [0.15, 0.2) is 54.1 Å². The molecule has 0 spiro atoms. The van der Waals surface area contributed by atoms with Crippen LogP contribution in [0.5, 0.6) is 0 Å². The van der Waals surface area contributed by atoms with Crippen molar-refractivity contribution in [3.05, 3.63) is 59.7 Å². The van der Waals surface area contributed by atoms with Gasteiger partial charge in [-0.2, -0.15) is 0 Å². The molecule has 6 N–H and O–H groups in total. The van der Waals surface area contributed by atoms with Gasteiger partial charge in [-0.3, -0.25) is 0 Å². The van der Waals surface area contributed by atoms with Crippen molar-refractivity contribution >= 4 is 23.9 Å². The van der Waals surface area contributed by atoms with Crippen molar-refractivity contribution < 1.29 is 64.0 Å². The smallest absolute Gasteiger partial charge is 0.344 e. The van der Waals surface area contributed by atoms with Crippen LogP contribution in [0, 0.1) is 11.8 Å². The number of carbonyl (C=O) groups is 4. The molecule has 13 heteroatoms. The number of carboxylic acid groups (broad SMARTS) is 3. The van der Waals surface area contributed by atoms with Crippen molar-refractivity contribution in [1.82, 2.24) is 0 Å². The van der Waals surface area contributed by atoms with Gasteiger partial charge in [-0.15, -0.1) is 0 Å². The second-order valence-corrected chi connectivity index (χ2v) is 12.8. The maximum Gasteiger partial charge on any atom is 0.344 e. The molecule has 2 saturated heterocycles. The quantitative estimate of drug-likeness (QED) is 0.0916. The Morgan fingerprint density at radius 1 is 1.09 bits per heavy atom. The lowest BCUT2D eigenvalue weighted by molar-refractivity contribution is -0.374. The fourth-order valence-electron chi connectivity index (χ4n) is 6.26. The third kappa shape index (κ3) is 7.18. The third-order valence-electron chi connectivity index (χ3n) is 8.72. The SMILES string of the molecule is CCC(C)CC(C)(O)/C=C/C(=O)O[C@@H]1[C@@H](O)[C@@]2(CC/C(C)=C/C(C)Cc3ccccc3)O[C@H](C(=O)O)[C@@](O)(C(=O)O)[C@]1(C(=O)O)O2. The molecule has 0 radical (unpaired) electrons. The molecule has 1 aromatic carbocycles. The molecule has 0 saturated carbocycles. The molecule has 2 heterocycles. The van der Waals surface area contributed by atoms with E-state index in [1.165, 1.54) is 6.92 Å². The van der Waals surface area contributed by atoms with Crippen molar-refractivity contribution in [2.24, 2.45) is 11.8 Å². The van der Waals surface area contributed by atoms with Gasteiger partial charge in [0.2, 0.25) is 23.1 Å². The number of carbonyl (C=O) groups excluding carboxylic acids is 1. The van der Waals surface area contributed by atoms with E-state index in [9.17, 15) is 49.8 Å². The van der Waals surface area contributed by atoms with Crippen LogP contribution in [0.2, 0.25) is 0 Å². The molecule has 0 amide bonds. The largest absolute Gasteiger partial charge is 0.479 e. The van der Waals surface area contributed by atoms with Gasteiger partial charge in [0.1, 0.15) is 6.10 Å². The van der Waals surface area contributed by atoms with Gasteiger partial charge in [0, 0.05) is 12.5 Å². The Balaban J connectivity index is 1.99. The van der Waals surface area contributed by atoms with Gasteiger partial charge in [0.25, 0.3) is 0 Å². The minimum atomic E-state index is -3.86. The van der Waals surface area contributed by atoms with E-state index in [2.05, 4.69) is 0 Å². The number of allylic oxidation sites excluding steroid dienone is 2. The number of carboxylic acids is 3. The summed E-state index contributed by atoms with van der Waals surface area (Å²) in [5, 5.41) is 63.8. The summed E-state index contributed by atoms with van der Waals surface area (Å²) < 4.78 is 16.4. The molecule has 1 aromatic rings. The predicted octanol–water partition coefficient (Wildman–Crippen LogP) is 2.46. The summed E-state index contributed by atoms with van der Waals surface area (Å²) in [6.45, 7) is 8.96. The van der Waals surface area contributed by atoms with Gasteiger partial charge in [-0.1, -0.05) is 69.2 Å². The van der Waals surface area contributed by atoms with Gasteiger partial charge in [-0.05, 0) is 56.6 Å². The molecule has 0 aliphatic carbocycles. The summed E-state index contributed by atoms with van der Waals surface area (Å²) >= 11 is 0. The number of aliphatic hydroxyl groups excluding tert-OH is 1. The summed E-state index contributed by atoms with van der Waals surface area (Å²) in [5.41, 5.74) is -7.04. The Kier molecular flexibility index (Phi) is 11.2. The first-order chi connectivity index (χ1) is 21.3. The molecule has 0 aromatic heterocycles. The molecule has 2 bridgehead atoms. The predicted molar refractivity (Wildman–Crippen MR) is 161 cm³/mol. The van der Waals surface area contributed by atoms with Crippen LogP contribution in [0.25, 0.3) is 0 Å². The van der Waals surface area contributed by atoms with Gasteiger partial charge < -0.3 is 44.8 Å². The number of aliphatic carboxylic acids is 3. The Hall–Kier alpha value is -3.62. The van der Waals surface area contributed by atoms with Gasteiger partial charge in [0.15, 0.2) is 6.10 Å². The van der Waals surface area contributed by atoms with Crippen molar-refractivity contribution in [2.45, 2.75) is 108 Å². The first-order valence-electron chi connectivity index (χ1n) is 15.2. The Morgan fingerprint density at radius 2 is 1.72 bits per heavy atom. The second kappa shape index (κ2) is 14.0. The van der Waals surface area contributed by atoms with Crippen LogP contribution < -0.4 is 0 Å². The topological polar surface area (TPSA) is 217 Å². The number of esters is 1. The number of hydrogen-bond acceptors (Lipinski definition) is 10. The normalized spacial score (nSPS) is 32.0. The van der Waals surface area contributed by atoms with Gasteiger partial charge >= 0.3 is 23.9 Å². The van der Waals surface area contributed by atoms with Crippen LogP contribution in [0.1, 0.15) is 65.9 Å². The van der Waals surface area contributed by atoms with E-state index in [1.807, 2.05) is 57.2 Å². The lowest BCUT2D eigenvalue weighted by Gasteiger charge is -2.48. The van der Waals surface area contributed by atoms with Crippen molar-refractivity contribution in [2.75, 3.05) is 0 Å². The Morgan fingerprint density at radius 3 is 2.26 bits per heavy atom. The zero-order chi connectivity index (χ0) is 34.7. The number of fused-ring (bicyclic) bond motifs is 2. The van der Waals surface area contributed by atoms with Gasteiger partial charge in [0.05, 0.1) is 5.60 Å². The summed E-state index contributed by atoms with van der Waals surface area (Å²) in [5.74, 6) is -10.3. The monoisotopic (exact) mass is 648 g/mol. The van der Waals surface area contributed by atoms with Crippen molar-refractivity contribution in [1.29, 1.82) is 0 Å². The third-order valence-corrected chi connectivity index (χ3v) is 8.72. The lowest BCUT2D eigenvalue weighted by atomic mass is 9.74. The average molecular weight is 649 g/mol. The maximum atomic E-state index is 13.0. The van der Waals surface area contributed by atoms with Crippen LogP contribution in [-0.4, -0.2) is 95.4 Å². The van der Waals surface area contributed by atoms with E-state index in [0.717, 1.165) is 29.7 Å².